The van der Waals surface area contributed by atoms with Gasteiger partial charge in [0.1, 0.15) is 12.4 Å². The first-order valence-corrected chi connectivity index (χ1v) is 12.9. The Morgan fingerprint density at radius 1 is 0.974 bits per heavy atom. The Kier molecular flexibility index (Phi) is 7.98. The van der Waals surface area contributed by atoms with Crippen LogP contribution in [0.5, 0.6) is 11.5 Å². The van der Waals surface area contributed by atoms with E-state index in [9.17, 15) is 4.79 Å². The molecule has 1 aromatic heterocycles. The fourth-order valence-electron chi connectivity index (χ4n) is 4.37. The Balaban J connectivity index is 1.59. The zero-order valence-corrected chi connectivity index (χ0v) is 22.3. The summed E-state index contributed by atoms with van der Waals surface area (Å²) < 4.78 is 16.7. The molecule has 9 heteroatoms. The Bertz CT molecular complexity index is 1540. The van der Waals surface area contributed by atoms with Crippen molar-refractivity contribution >= 4 is 40.2 Å². The first kappa shape index (κ1) is 26.1. The van der Waals surface area contributed by atoms with Crippen LogP contribution in [0, 0.1) is 0 Å². The summed E-state index contributed by atoms with van der Waals surface area (Å²) in [5.41, 5.74) is 5.30. The molecule has 0 aliphatic carbocycles. The average molecular weight is 526 g/mol. The third kappa shape index (κ3) is 5.99. The number of nitrogens with one attached hydrogen (secondary N) is 2. The first-order chi connectivity index (χ1) is 19.1. The molecule has 1 aliphatic heterocycles. The normalized spacial score (nSPS) is 11.9. The van der Waals surface area contributed by atoms with Crippen LogP contribution in [0.15, 0.2) is 59.6 Å². The lowest BCUT2D eigenvalue weighted by Crippen LogP contribution is -2.10. The van der Waals surface area contributed by atoms with Crippen molar-refractivity contribution < 1.29 is 19.0 Å². The molecule has 0 spiro atoms. The third-order valence-corrected chi connectivity index (χ3v) is 6.31. The van der Waals surface area contributed by atoms with Gasteiger partial charge < -0.3 is 24.8 Å². The van der Waals surface area contributed by atoms with Crippen LogP contribution in [0.25, 0.3) is 22.3 Å². The van der Waals surface area contributed by atoms with E-state index in [-0.39, 0.29) is 5.91 Å². The van der Waals surface area contributed by atoms with Crippen molar-refractivity contribution in [1.82, 2.24) is 9.97 Å². The number of methoxy groups -OCH3 is 2. The second-order valence-corrected chi connectivity index (χ2v) is 9.14. The molecule has 0 radical (unpaired) electrons. The molecule has 200 valence electrons. The van der Waals surface area contributed by atoms with Crippen molar-refractivity contribution in [3.8, 4) is 22.9 Å². The fraction of sp³-hybridized carbons (Fsp3) is 0.267. The molecule has 1 aliphatic rings. The molecule has 9 nitrogen and oxygen atoms in total. The van der Waals surface area contributed by atoms with E-state index in [2.05, 4.69) is 27.8 Å². The molecule has 0 bridgehead atoms. The highest BCUT2D eigenvalue weighted by Crippen LogP contribution is 2.37. The van der Waals surface area contributed by atoms with Gasteiger partial charge in [-0.3, -0.25) is 9.79 Å². The van der Waals surface area contributed by atoms with Gasteiger partial charge in [-0.25, -0.2) is 9.97 Å². The molecule has 0 saturated heterocycles. The van der Waals surface area contributed by atoms with E-state index < -0.39 is 0 Å². The third-order valence-electron chi connectivity index (χ3n) is 6.31. The van der Waals surface area contributed by atoms with Gasteiger partial charge >= 0.3 is 0 Å². The van der Waals surface area contributed by atoms with E-state index in [1.165, 1.54) is 5.56 Å². The minimum atomic E-state index is -0.0256. The van der Waals surface area contributed by atoms with E-state index in [1.54, 1.807) is 14.2 Å². The number of hydrogen-bond donors (Lipinski definition) is 2. The lowest BCUT2D eigenvalue weighted by atomic mass is 10.1. The summed E-state index contributed by atoms with van der Waals surface area (Å²) in [6, 6.07) is 17.4. The van der Waals surface area contributed by atoms with Crippen molar-refractivity contribution in [2.24, 2.45) is 4.99 Å². The topological polar surface area (TPSA) is 107 Å². The van der Waals surface area contributed by atoms with E-state index in [4.69, 9.17) is 24.2 Å². The monoisotopic (exact) mass is 525 g/mol. The maximum absolute atomic E-state index is 12.2. The zero-order chi connectivity index (χ0) is 27.2. The van der Waals surface area contributed by atoms with Gasteiger partial charge in [-0.15, -0.1) is 0 Å². The number of carbonyl (C=O) groups excluding carboxylic acids is 1. The van der Waals surface area contributed by atoms with E-state index in [0.29, 0.717) is 60.5 Å². The Morgan fingerprint density at radius 3 is 2.69 bits per heavy atom. The molecule has 0 atom stereocenters. The Morgan fingerprint density at radius 2 is 1.87 bits per heavy atom. The lowest BCUT2D eigenvalue weighted by molar-refractivity contribution is -0.116. The van der Waals surface area contributed by atoms with E-state index in [0.717, 1.165) is 28.6 Å². The minimum absolute atomic E-state index is 0.0256. The lowest BCUT2D eigenvalue weighted by Gasteiger charge is -2.16. The molecule has 1 amide bonds. The van der Waals surface area contributed by atoms with Crippen LogP contribution in [0.4, 0.5) is 17.2 Å². The second kappa shape index (κ2) is 11.9. The molecule has 2 heterocycles. The van der Waals surface area contributed by atoms with Gasteiger partial charge in [0, 0.05) is 48.1 Å². The quantitative estimate of drug-likeness (QED) is 0.240. The van der Waals surface area contributed by atoms with Crippen molar-refractivity contribution in [3.05, 3.63) is 65.7 Å². The average Bonchev–Trinajstić information content (AvgIpc) is 3.41. The highest BCUT2D eigenvalue weighted by atomic mass is 16.5. The van der Waals surface area contributed by atoms with Crippen molar-refractivity contribution in [3.63, 3.8) is 0 Å². The van der Waals surface area contributed by atoms with Gasteiger partial charge in [-0.05, 0) is 47.9 Å². The standard InChI is InChI=1S/C30H31N5O4/c1-4-6-28(36)32-22-8-5-7-19(13-22)29-34-25-16-26(38-3)27(39-12-11-37-2)15-24(25)30(35-29)33-23-10-9-20-17-31-18-21(20)14-23/h5,7-10,13-16,18H,4,6,11-12,17H2,1-3H3,(H,32,36)(H,33,34,35). The molecule has 39 heavy (non-hydrogen) atoms. The molecule has 5 rings (SSSR count). The Labute approximate surface area is 227 Å². The number of nitrogens with zero attached hydrogens (tertiary/aromatic N) is 3. The number of carbonyl (C=O) groups is 1. The van der Waals surface area contributed by atoms with E-state index in [1.807, 2.05) is 55.6 Å². The highest BCUT2D eigenvalue weighted by molar-refractivity contribution is 5.96. The number of hydrogen-bond acceptors (Lipinski definition) is 8. The highest BCUT2D eigenvalue weighted by Gasteiger charge is 2.16. The summed E-state index contributed by atoms with van der Waals surface area (Å²) in [5, 5.41) is 7.20. The smallest absolute Gasteiger partial charge is 0.224 e. The molecular formula is C30H31N5O4. The predicted octanol–water partition coefficient (Wildman–Crippen LogP) is 5.75. The van der Waals surface area contributed by atoms with Gasteiger partial charge in [0.15, 0.2) is 17.3 Å². The van der Waals surface area contributed by atoms with Gasteiger partial charge in [0.25, 0.3) is 0 Å². The molecular weight excluding hydrogens is 494 g/mol. The van der Waals surface area contributed by atoms with Gasteiger partial charge in [-0.1, -0.05) is 25.1 Å². The Hall–Kier alpha value is -4.50. The maximum Gasteiger partial charge on any atom is 0.224 e. The van der Waals surface area contributed by atoms with Crippen LogP contribution in [0.1, 0.15) is 30.9 Å². The number of rotatable bonds is 11. The summed E-state index contributed by atoms with van der Waals surface area (Å²) in [6.07, 6.45) is 3.13. The number of fused-ring (bicyclic) bond motifs is 2. The summed E-state index contributed by atoms with van der Waals surface area (Å²) in [7, 11) is 3.23. The fourth-order valence-corrected chi connectivity index (χ4v) is 4.37. The van der Waals surface area contributed by atoms with Gasteiger partial charge in [0.2, 0.25) is 5.91 Å². The van der Waals surface area contributed by atoms with Gasteiger partial charge in [-0.2, -0.15) is 0 Å². The summed E-state index contributed by atoms with van der Waals surface area (Å²) in [4.78, 5) is 26.3. The molecule has 0 fully saturated rings. The molecule has 0 unspecified atom stereocenters. The minimum Gasteiger partial charge on any atom is -0.493 e. The first-order valence-electron chi connectivity index (χ1n) is 12.9. The van der Waals surface area contributed by atoms with Crippen LogP contribution in [0.2, 0.25) is 0 Å². The second-order valence-electron chi connectivity index (χ2n) is 9.14. The zero-order valence-electron chi connectivity index (χ0n) is 22.3. The molecule has 2 N–H and O–H groups in total. The largest absolute Gasteiger partial charge is 0.493 e. The van der Waals surface area contributed by atoms with Crippen LogP contribution in [0.3, 0.4) is 0 Å². The summed E-state index contributed by atoms with van der Waals surface area (Å²) in [6.45, 7) is 3.50. The van der Waals surface area contributed by atoms with Gasteiger partial charge in [0.05, 0.1) is 25.8 Å². The number of ether oxygens (including phenoxy) is 3. The van der Waals surface area contributed by atoms with Crippen LogP contribution in [-0.2, 0) is 16.1 Å². The van der Waals surface area contributed by atoms with Crippen LogP contribution >= 0.6 is 0 Å². The number of anilines is 3. The number of benzene rings is 3. The predicted molar refractivity (Wildman–Crippen MR) is 153 cm³/mol. The molecule has 3 aromatic carbocycles. The summed E-state index contributed by atoms with van der Waals surface area (Å²) in [5.74, 6) is 2.23. The maximum atomic E-state index is 12.2. The van der Waals surface area contributed by atoms with Crippen molar-refractivity contribution in [2.45, 2.75) is 26.3 Å². The van der Waals surface area contributed by atoms with Crippen molar-refractivity contribution in [2.75, 3.05) is 38.1 Å². The van der Waals surface area contributed by atoms with Crippen LogP contribution in [-0.4, -0.2) is 49.5 Å². The molecule has 4 aromatic rings. The number of aromatic nitrogens is 2. The molecule has 0 saturated carbocycles. The number of amides is 1. The van der Waals surface area contributed by atoms with Crippen molar-refractivity contribution in [1.29, 1.82) is 0 Å². The summed E-state index contributed by atoms with van der Waals surface area (Å²) >= 11 is 0. The van der Waals surface area contributed by atoms with Crippen LogP contribution < -0.4 is 20.1 Å². The SMILES string of the molecule is CCCC(=O)Nc1cccc(-c2nc(Nc3ccc4c(c3)C=NC4)c3cc(OCCOC)c(OC)cc3n2)c1. The van der Waals surface area contributed by atoms with E-state index >= 15 is 0 Å². The number of aliphatic imine (C=N–C) groups is 1.